The first-order valence-electron chi connectivity index (χ1n) is 5.23. The molecule has 1 aliphatic rings. The second-order valence-corrected chi connectivity index (χ2v) is 4.12. The van der Waals surface area contributed by atoms with Crippen molar-refractivity contribution in [2.24, 2.45) is 16.1 Å². The lowest BCUT2D eigenvalue weighted by Gasteiger charge is -2.27. The number of alkyl halides is 3. The van der Waals surface area contributed by atoms with Crippen molar-refractivity contribution >= 4 is 23.0 Å². The summed E-state index contributed by atoms with van der Waals surface area (Å²) >= 11 is 4.74. The van der Waals surface area contributed by atoms with Gasteiger partial charge in [0.15, 0.2) is 5.82 Å². The maximum atomic E-state index is 11.8. The van der Waals surface area contributed by atoms with Crippen LogP contribution in [0.1, 0.15) is 12.0 Å². The van der Waals surface area contributed by atoms with Crippen LogP contribution < -0.4 is 5.73 Å². The van der Waals surface area contributed by atoms with Crippen LogP contribution in [-0.4, -0.2) is 44.2 Å². The zero-order valence-corrected chi connectivity index (χ0v) is 10.6. The number of hydrogen-bond donors (Lipinski definition) is 2. The lowest BCUT2D eigenvalue weighted by Crippen LogP contribution is -2.33. The summed E-state index contributed by atoms with van der Waals surface area (Å²) in [7, 11) is 0. The van der Waals surface area contributed by atoms with Gasteiger partial charge in [-0.1, -0.05) is 17.4 Å². The molecule has 1 aliphatic heterocycles. The molecule has 1 aromatic rings. The summed E-state index contributed by atoms with van der Waals surface area (Å²) in [4.78, 5) is 3.82. The second kappa shape index (κ2) is 5.30. The topological polar surface area (TPSA) is 101 Å². The van der Waals surface area contributed by atoms with Crippen LogP contribution in [0.4, 0.5) is 19.0 Å². The quantitative estimate of drug-likeness (QED) is 0.798. The van der Waals surface area contributed by atoms with E-state index in [1.807, 2.05) is 0 Å². The second-order valence-electron chi connectivity index (χ2n) is 3.68. The highest BCUT2D eigenvalue weighted by Gasteiger charge is 2.31. The molecule has 0 aromatic carbocycles. The molecule has 12 heteroatoms. The van der Waals surface area contributed by atoms with Gasteiger partial charge in [0.1, 0.15) is 17.0 Å². The summed E-state index contributed by atoms with van der Waals surface area (Å²) in [5.74, 6) is 0.137. The Bertz CT molecular complexity index is 545. The van der Waals surface area contributed by atoms with Crippen LogP contribution in [0.25, 0.3) is 0 Å². The molecule has 0 spiro atoms. The number of ether oxygens (including phenoxy) is 1. The van der Waals surface area contributed by atoms with Crippen LogP contribution in [-0.2, 0) is 4.74 Å². The lowest BCUT2D eigenvalue weighted by atomic mass is 10.4. The normalized spacial score (nSPS) is 18.2. The first-order valence-corrected chi connectivity index (χ1v) is 5.64. The van der Waals surface area contributed by atoms with Gasteiger partial charge >= 0.3 is 6.36 Å². The van der Waals surface area contributed by atoms with Gasteiger partial charge in [0, 0.05) is 0 Å². The Morgan fingerprint density at radius 1 is 1.55 bits per heavy atom. The summed E-state index contributed by atoms with van der Waals surface area (Å²) < 4.78 is 40.3. The fraction of sp³-hybridized carbons (Fsp3) is 0.500. The van der Waals surface area contributed by atoms with Gasteiger partial charge in [-0.25, -0.2) is 9.99 Å². The number of halogens is 3. The molecule has 1 atom stereocenters. The highest BCUT2D eigenvalue weighted by atomic mass is 32.1. The smallest absolute Gasteiger partial charge is 0.388 e. The summed E-state index contributed by atoms with van der Waals surface area (Å²) in [5, 5.41) is 18.1. The highest BCUT2D eigenvalue weighted by molar-refractivity contribution is 7.80. The van der Waals surface area contributed by atoms with Crippen molar-refractivity contribution in [3.8, 4) is 0 Å². The van der Waals surface area contributed by atoms with Gasteiger partial charge in [0.25, 0.3) is 0 Å². The van der Waals surface area contributed by atoms with Gasteiger partial charge in [0.2, 0.25) is 6.35 Å². The van der Waals surface area contributed by atoms with Gasteiger partial charge < -0.3 is 10.8 Å². The average molecular weight is 310 g/mol. The average Bonchev–Trinajstić information content (AvgIpc) is 2.75. The van der Waals surface area contributed by atoms with E-state index >= 15 is 0 Å². The molecule has 3 N–H and O–H groups in total. The van der Waals surface area contributed by atoms with E-state index in [1.165, 1.54) is 10.9 Å². The summed E-state index contributed by atoms with van der Waals surface area (Å²) in [6, 6.07) is 0. The van der Waals surface area contributed by atoms with Gasteiger partial charge in [-0.2, -0.15) is 0 Å². The Hall–Kier alpha value is -1.79. The number of hydrogen-bond acceptors (Lipinski definition) is 7. The zero-order chi connectivity index (χ0) is 14.9. The molecule has 110 valence electrons. The van der Waals surface area contributed by atoms with Crippen LogP contribution in [0, 0.1) is 0 Å². The fourth-order valence-electron chi connectivity index (χ4n) is 1.50. The number of aliphatic hydroxyl groups is 1. The molecule has 20 heavy (non-hydrogen) atoms. The molecule has 0 aliphatic carbocycles. The number of fused-ring (bicyclic) bond motifs is 1. The Kier molecular flexibility index (Phi) is 3.87. The number of thiocarbonyl (C=S) groups is 1. The Balaban J connectivity index is 2.06. The molecule has 8 nitrogen and oxygen atoms in total. The van der Waals surface area contributed by atoms with Gasteiger partial charge in [-0.05, 0) is 0 Å². The standard InChI is InChI=1S/C8H9F3N6O2S/c9-8(10,11)19-2-1-17-7(18)16-3-13-4(5(12)20)6(16)14-15-17/h3,7,18H,1-2H2,(H2,12,20). The summed E-state index contributed by atoms with van der Waals surface area (Å²) in [6.07, 6.45) is -4.89. The molecule has 0 fully saturated rings. The number of nitrogens with two attached hydrogens (primary N) is 1. The lowest BCUT2D eigenvalue weighted by molar-refractivity contribution is -0.326. The minimum absolute atomic E-state index is 0.0289. The highest BCUT2D eigenvalue weighted by Crippen LogP contribution is 2.29. The monoisotopic (exact) mass is 310 g/mol. The third-order valence-corrected chi connectivity index (χ3v) is 2.55. The van der Waals surface area contributed by atoms with Crippen molar-refractivity contribution in [3.63, 3.8) is 0 Å². The van der Waals surface area contributed by atoms with Crippen molar-refractivity contribution in [1.29, 1.82) is 0 Å². The predicted molar refractivity (Wildman–Crippen MR) is 62.6 cm³/mol. The van der Waals surface area contributed by atoms with Crippen molar-refractivity contribution in [2.45, 2.75) is 12.7 Å². The first-order chi connectivity index (χ1) is 9.29. The minimum atomic E-state index is -4.74. The summed E-state index contributed by atoms with van der Waals surface area (Å²) in [5.41, 5.74) is 5.58. The molecular formula is C8H9F3N6O2S. The molecule has 0 saturated carbocycles. The minimum Gasteiger partial charge on any atom is -0.388 e. The number of aromatic nitrogens is 2. The molecule has 0 amide bonds. The molecular weight excluding hydrogens is 301 g/mol. The molecule has 0 saturated heterocycles. The molecule has 0 bridgehead atoms. The van der Waals surface area contributed by atoms with E-state index in [4.69, 9.17) is 18.0 Å². The largest absolute Gasteiger partial charge is 0.522 e. The van der Waals surface area contributed by atoms with E-state index < -0.39 is 19.3 Å². The number of nitrogens with zero attached hydrogens (tertiary/aromatic N) is 5. The fourth-order valence-corrected chi connectivity index (χ4v) is 1.65. The first kappa shape index (κ1) is 14.6. The van der Waals surface area contributed by atoms with Crippen molar-refractivity contribution in [1.82, 2.24) is 14.6 Å². The number of rotatable bonds is 4. The maximum Gasteiger partial charge on any atom is 0.522 e. The van der Waals surface area contributed by atoms with E-state index in [9.17, 15) is 18.3 Å². The Morgan fingerprint density at radius 2 is 2.25 bits per heavy atom. The van der Waals surface area contributed by atoms with Crippen LogP contribution in [0.15, 0.2) is 16.7 Å². The summed E-state index contributed by atoms with van der Waals surface area (Å²) in [6.45, 7) is -1.02. The van der Waals surface area contributed by atoms with Crippen LogP contribution in [0.2, 0.25) is 0 Å². The SMILES string of the molecule is NC(=S)c1ncn2c1N=NN(CCOC(F)(F)F)C2O. The van der Waals surface area contributed by atoms with E-state index in [2.05, 4.69) is 20.1 Å². The van der Waals surface area contributed by atoms with E-state index in [0.717, 1.165) is 5.01 Å². The molecule has 1 aromatic heterocycles. The number of aliphatic hydroxyl groups excluding tert-OH is 1. The van der Waals surface area contributed by atoms with Gasteiger partial charge in [-0.15, -0.1) is 18.3 Å². The molecule has 2 rings (SSSR count). The van der Waals surface area contributed by atoms with Gasteiger partial charge in [0.05, 0.1) is 13.2 Å². The zero-order valence-electron chi connectivity index (χ0n) is 9.78. The maximum absolute atomic E-state index is 11.8. The van der Waals surface area contributed by atoms with Crippen molar-refractivity contribution in [2.75, 3.05) is 13.2 Å². The predicted octanol–water partition coefficient (Wildman–Crippen LogP) is 0.816. The Labute approximate surface area is 115 Å². The van der Waals surface area contributed by atoms with Crippen LogP contribution >= 0.6 is 12.2 Å². The van der Waals surface area contributed by atoms with E-state index in [-0.39, 0.29) is 23.0 Å². The third-order valence-electron chi connectivity index (χ3n) is 2.36. The van der Waals surface area contributed by atoms with Crippen LogP contribution in [0.3, 0.4) is 0 Å². The third kappa shape index (κ3) is 3.02. The van der Waals surface area contributed by atoms with Crippen molar-refractivity contribution in [3.05, 3.63) is 12.0 Å². The van der Waals surface area contributed by atoms with Gasteiger partial charge in [-0.3, -0.25) is 9.30 Å². The van der Waals surface area contributed by atoms with Crippen LogP contribution in [0.5, 0.6) is 0 Å². The Morgan fingerprint density at radius 3 is 2.85 bits per heavy atom. The number of imidazole rings is 1. The van der Waals surface area contributed by atoms with E-state index in [0.29, 0.717) is 0 Å². The molecule has 2 heterocycles. The molecule has 0 radical (unpaired) electrons. The van der Waals surface area contributed by atoms with Crippen molar-refractivity contribution < 1.29 is 23.0 Å². The van der Waals surface area contributed by atoms with E-state index in [1.54, 1.807) is 0 Å². The molecule has 1 unspecified atom stereocenters.